The molecule has 2 amide bonds. The van der Waals surface area contributed by atoms with E-state index in [0.29, 0.717) is 10.7 Å². The van der Waals surface area contributed by atoms with Crippen molar-refractivity contribution in [2.75, 3.05) is 7.05 Å². The SMILES string of the molecule is CN1/C(=N/C(=O)c2ccc(Cl)cc2Cl)N(C(=O)OCc2ccccc2)/C(=C\c2ccccc2)C1c1ccccc1. The zero-order valence-electron chi connectivity index (χ0n) is 21.6. The second-order valence-electron chi connectivity index (χ2n) is 9.12. The average molecular weight is 570 g/mol. The number of carbonyl (C=O) groups is 2. The Kier molecular flexibility index (Phi) is 8.29. The number of nitrogens with zero attached hydrogens (tertiary/aromatic N) is 3. The summed E-state index contributed by atoms with van der Waals surface area (Å²) in [5.41, 5.74) is 3.38. The second kappa shape index (κ2) is 12.2. The number of benzene rings is 4. The Balaban J connectivity index is 1.62. The lowest BCUT2D eigenvalue weighted by Crippen LogP contribution is -2.37. The van der Waals surface area contributed by atoms with Crippen LogP contribution in [0.3, 0.4) is 0 Å². The molecule has 4 aromatic carbocycles. The summed E-state index contributed by atoms with van der Waals surface area (Å²) in [6.45, 7) is 0.0543. The van der Waals surface area contributed by atoms with Gasteiger partial charge in [0.15, 0.2) is 0 Å². The number of aliphatic imine (C=N–C) groups is 1. The van der Waals surface area contributed by atoms with Crippen molar-refractivity contribution >= 4 is 47.2 Å². The Hall–Kier alpha value is -4.39. The van der Waals surface area contributed by atoms with E-state index in [4.69, 9.17) is 27.9 Å². The minimum Gasteiger partial charge on any atom is -0.444 e. The van der Waals surface area contributed by atoms with Crippen LogP contribution in [0.1, 0.15) is 33.1 Å². The third-order valence-electron chi connectivity index (χ3n) is 6.42. The van der Waals surface area contributed by atoms with Crippen LogP contribution in [0.15, 0.2) is 120 Å². The van der Waals surface area contributed by atoms with Crippen LogP contribution >= 0.6 is 23.2 Å². The largest absolute Gasteiger partial charge is 0.444 e. The van der Waals surface area contributed by atoms with Crippen LogP contribution < -0.4 is 0 Å². The molecule has 1 fully saturated rings. The number of hydrogen-bond acceptors (Lipinski definition) is 3. The van der Waals surface area contributed by atoms with Gasteiger partial charge in [-0.15, -0.1) is 0 Å². The van der Waals surface area contributed by atoms with Gasteiger partial charge in [0.25, 0.3) is 5.91 Å². The fourth-order valence-corrected chi connectivity index (χ4v) is 5.01. The van der Waals surface area contributed by atoms with Crippen LogP contribution in [0.25, 0.3) is 6.08 Å². The van der Waals surface area contributed by atoms with Gasteiger partial charge in [0.2, 0.25) is 5.96 Å². The number of hydrogen-bond donors (Lipinski definition) is 0. The second-order valence-corrected chi connectivity index (χ2v) is 9.96. The third kappa shape index (κ3) is 5.93. The monoisotopic (exact) mass is 569 g/mol. The number of ether oxygens (including phenoxy) is 1. The molecule has 1 aliphatic rings. The molecule has 8 heteroatoms. The van der Waals surface area contributed by atoms with E-state index in [9.17, 15) is 9.59 Å². The van der Waals surface area contributed by atoms with E-state index < -0.39 is 18.0 Å². The molecule has 0 spiro atoms. The molecule has 1 aliphatic heterocycles. The van der Waals surface area contributed by atoms with Gasteiger partial charge in [-0.2, -0.15) is 4.99 Å². The number of guanidine groups is 1. The zero-order valence-corrected chi connectivity index (χ0v) is 23.1. The standard InChI is InChI=1S/C32H25Cl2N3O3/c1-36-29(24-15-9-4-10-16-24)28(19-22-11-5-2-6-12-22)37(32(39)40-21-23-13-7-3-8-14-23)31(36)35-30(38)26-18-17-25(33)20-27(26)34/h2-20,29H,21H2,1H3/b28-19-,35-31-. The highest BCUT2D eigenvalue weighted by molar-refractivity contribution is 6.37. The lowest BCUT2D eigenvalue weighted by Gasteiger charge is -2.20. The molecule has 200 valence electrons. The summed E-state index contributed by atoms with van der Waals surface area (Å²) in [6, 6.07) is 32.9. The highest BCUT2D eigenvalue weighted by atomic mass is 35.5. The van der Waals surface area contributed by atoms with Crippen molar-refractivity contribution in [1.82, 2.24) is 9.80 Å². The van der Waals surface area contributed by atoms with E-state index in [-0.39, 0.29) is 23.2 Å². The Morgan fingerprint density at radius 2 is 1.50 bits per heavy atom. The highest BCUT2D eigenvalue weighted by Gasteiger charge is 2.44. The number of amides is 2. The molecule has 4 aromatic rings. The predicted octanol–water partition coefficient (Wildman–Crippen LogP) is 7.86. The maximum atomic E-state index is 13.8. The Labute approximate surface area is 242 Å². The van der Waals surface area contributed by atoms with Crippen LogP contribution in [0.5, 0.6) is 0 Å². The van der Waals surface area contributed by atoms with Crippen molar-refractivity contribution in [2.24, 2.45) is 4.99 Å². The summed E-state index contributed by atoms with van der Waals surface area (Å²) < 4.78 is 5.75. The van der Waals surface area contributed by atoms with Gasteiger partial charge in [-0.3, -0.25) is 4.79 Å². The maximum absolute atomic E-state index is 13.8. The molecule has 0 bridgehead atoms. The molecule has 1 heterocycles. The molecule has 1 unspecified atom stereocenters. The quantitative estimate of drug-likeness (QED) is 0.245. The molecule has 40 heavy (non-hydrogen) atoms. The summed E-state index contributed by atoms with van der Waals surface area (Å²) >= 11 is 12.4. The first-order chi connectivity index (χ1) is 19.4. The highest BCUT2D eigenvalue weighted by Crippen LogP contribution is 2.39. The van der Waals surface area contributed by atoms with E-state index in [1.54, 1.807) is 18.0 Å². The normalized spacial score (nSPS) is 16.9. The third-order valence-corrected chi connectivity index (χ3v) is 6.97. The fourth-order valence-electron chi connectivity index (χ4n) is 4.52. The number of carbonyl (C=O) groups excluding carboxylic acids is 2. The maximum Gasteiger partial charge on any atom is 0.421 e. The van der Waals surface area contributed by atoms with Crippen LogP contribution in [0.2, 0.25) is 10.0 Å². The van der Waals surface area contributed by atoms with Crippen LogP contribution in [0.4, 0.5) is 4.79 Å². The van der Waals surface area contributed by atoms with Crippen molar-refractivity contribution in [3.8, 4) is 0 Å². The molecule has 0 aliphatic carbocycles. The van der Waals surface area contributed by atoms with Crippen molar-refractivity contribution in [3.63, 3.8) is 0 Å². The van der Waals surface area contributed by atoms with E-state index in [0.717, 1.165) is 16.7 Å². The molecule has 5 rings (SSSR count). The van der Waals surface area contributed by atoms with Gasteiger partial charge in [-0.1, -0.05) is 114 Å². The van der Waals surface area contributed by atoms with Crippen molar-refractivity contribution < 1.29 is 14.3 Å². The van der Waals surface area contributed by atoms with Crippen molar-refractivity contribution in [3.05, 3.63) is 147 Å². The molecule has 6 nitrogen and oxygen atoms in total. The molecule has 0 N–H and O–H groups in total. The lowest BCUT2D eigenvalue weighted by molar-refractivity contribution is 0.0999. The molecular weight excluding hydrogens is 545 g/mol. The topological polar surface area (TPSA) is 62.2 Å². The number of rotatable bonds is 5. The molecule has 0 saturated carbocycles. The Morgan fingerprint density at radius 3 is 2.15 bits per heavy atom. The van der Waals surface area contributed by atoms with Gasteiger partial charge < -0.3 is 9.64 Å². The summed E-state index contributed by atoms with van der Waals surface area (Å²) in [5, 5.41) is 0.566. The van der Waals surface area contributed by atoms with Gasteiger partial charge in [0.05, 0.1) is 22.3 Å². The van der Waals surface area contributed by atoms with Gasteiger partial charge in [0, 0.05) is 12.1 Å². The van der Waals surface area contributed by atoms with Crippen molar-refractivity contribution in [1.29, 1.82) is 0 Å². The van der Waals surface area contributed by atoms with E-state index in [1.807, 2.05) is 97.1 Å². The summed E-state index contributed by atoms with van der Waals surface area (Å²) in [7, 11) is 1.79. The summed E-state index contributed by atoms with van der Waals surface area (Å²) in [6.07, 6.45) is 1.24. The summed E-state index contributed by atoms with van der Waals surface area (Å²) in [4.78, 5) is 34.7. The zero-order chi connectivity index (χ0) is 28.1. The Bertz CT molecular complexity index is 1580. The van der Waals surface area contributed by atoms with Gasteiger partial charge in [-0.25, -0.2) is 9.69 Å². The van der Waals surface area contributed by atoms with Gasteiger partial charge in [-0.05, 0) is 41.0 Å². The predicted molar refractivity (Wildman–Crippen MR) is 158 cm³/mol. The fraction of sp³-hybridized carbons (Fsp3) is 0.0938. The van der Waals surface area contributed by atoms with E-state index in [1.165, 1.54) is 17.0 Å². The van der Waals surface area contributed by atoms with Crippen molar-refractivity contribution in [2.45, 2.75) is 12.6 Å². The molecular formula is C32H25Cl2N3O3. The molecule has 1 saturated heterocycles. The Morgan fingerprint density at radius 1 is 0.875 bits per heavy atom. The van der Waals surface area contributed by atoms with Crippen LogP contribution in [-0.2, 0) is 11.3 Å². The first kappa shape index (κ1) is 27.2. The summed E-state index contributed by atoms with van der Waals surface area (Å²) in [5.74, 6) is -0.498. The average Bonchev–Trinajstić information content (AvgIpc) is 3.23. The first-order valence-corrected chi connectivity index (χ1v) is 13.3. The first-order valence-electron chi connectivity index (χ1n) is 12.6. The lowest BCUT2D eigenvalue weighted by atomic mass is 10.0. The van der Waals surface area contributed by atoms with Crippen LogP contribution in [0, 0.1) is 0 Å². The molecule has 1 atom stereocenters. The molecule has 0 aromatic heterocycles. The van der Waals surface area contributed by atoms with Gasteiger partial charge >= 0.3 is 6.09 Å². The van der Waals surface area contributed by atoms with E-state index >= 15 is 0 Å². The van der Waals surface area contributed by atoms with E-state index in [2.05, 4.69) is 4.99 Å². The minimum atomic E-state index is -0.662. The molecule has 0 radical (unpaired) electrons. The minimum absolute atomic E-state index is 0.0543. The van der Waals surface area contributed by atoms with Crippen LogP contribution in [-0.4, -0.2) is 34.8 Å². The number of likely N-dealkylation sites (N-methyl/N-ethyl adjacent to an activating group) is 1. The number of halogens is 2. The van der Waals surface area contributed by atoms with Gasteiger partial charge in [0.1, 0.15) is 6.61 Å². The smallest absolute Gasteiger partial charge is 0.421 e.